The molecule has 1 aliphatic rings. The Balaban J connectivity index is 1.19. The van der Waals surface area contributed by atoms with Gasteiger partial charge < -0.3 is 14.8 Å². The molecule has 0 saturated heterocycles. The highest BCUT2D eigenvalue weighted by molar-refractivity contribution is 5.53. The monoisotopic (exact) mass is 393 g/mol. The summed E-state index contributed by atoms with van der Waals surface area (Å²) in [6.07, 6.45) is 3.22. The molecule has 7 nitrogen and oxygen atoms in total. The van der Waals surface area contributed by atoms with E-state index >= 15 is 0 Å². The second-order valence-electron chi connectivity index (χ2n) is 7.76. The van der Waals surface area contributed by atoms with Gasteiger partial charge in [0.15, 0.2) is 11.5 Å². The largest absolute Gasteiger partial charge is 0.454 e. The summed E-state index contributed by atoms with van der Waals surface area (Å²) < 4.78 is 10.9. The molecule has 2 heterocycles. The number of hydrogen-bond donors (Lipinski definition) is 1. The van der Waals surface area contributed by atoms with Crippen LogP contribution in [-0.2, 0) is 12.1 Å². The van der Waals surface area contributed by atoms with Gasteiger partial charge in [-0.15, -0.1) is 10.2 Å². The Kier molecular flexibility index (Phi) is 5.76. The first-order chi connectivity index (χ1) is 14.1. The molecule has 0 unspecified atom stereocenters. The topological polar surface area (TPSA) is 74.1 Å². The highest BCUT2D eigenvalue weighted by atomic mass is 16.7. The van der Waals surface area contributed by atoms with Crippen molar-refractivity contribution in [3.63, 3.8) is 0 Å². The number of ether oxygens (including phenoxy) is 2. The molecule has 7 heteroatoms. The predicted molar refractivity (Wildman–Crippen MR) is 111 cm³/mol. The minimum atomic E-state index is -0.126. The summed E-state index contributed by atoms with van der Waals surface area (Å²) in [6.45, 7) is 6.41. The molecule has 0 spiro atoms. The average Bonchev–Trinajstić information content (AvgIpc) is 3.40. The fourth-order valence-corrected chi connectivity index (χ4v) is 3.38. The first kappa shape index (κ1) is 19.4. The third-order valence-corrected chi connectivity index (χ3v) is 5.18. The molecule has 0 saturated carbocycles. The first-order valence-corrected chi connectivity index (χ1v) is 10.1. The lowest BCUT2D eigenvalue weighted by Crippen LogP contribution is -2.37. The Morgan fingerprint density at radius 1 is 1.00 bits per heavy atom. The summed E-state index contributed by atoms with van der Waals surface area (Å²) >= 11 is 0. The summed E-state index contributed by atoms with van der Waals surface area (Å²) in [5.74, 6) is 2.33. The van der Waals surface area contributed by atoms with E-state index in [0.717, 1.165) is 49.4 Å². The molecule has 3 aromatic rings. The van der Waals surface area contributed by atoms with Crippen molar-refractivity contribution >= 4 is 0 Å². The minimum Gasteiger partial charge on any atom is -0.454 e. The van der Waals surface area contributed by atoms with Crippen molar-refractivity contribution in [2.75, 3.05) is 13.3 Å². The van der Waals surface area contributed by atoms with Gasteiger partial charge in [-0.1, -0.05) is 42.8 Å². The van der Waals surface area contributed by atoms with Gasteiger partial charge in [-0.25, -0.2) is 0 Å². The third-order valence-electron chi connectivity index (χ3n) is 5.18. The van der Waals surface area contributed by atoms with E-state index in [1.54, 1.807) is 4.80 Å². The van der Waals surface area contributed by atoms with E-state index in [4.69, 9.17) is 9.47 Å². The van der Waals surface area contributed by atoms with Gasteiger partial charge in [0.1, 0.15) is 0 Å². The number of aromatic nitrogens is 4. The van der Waals surface area contributed by atoms with Crippen molar-refractivity contribution in [1.29, 1.82) is 0 Å². The number of hydrogen-bond acceptors (Lipinski definition) is 6. The molecule has 4 rings (SSSR count). The van der Waals surface area contributed by atoms with E-state index in [1.807, 2.05) is 36.4 Å². The van der Waals surface area contributed by atoms with Gasteiger partial charge >= 0.3 is 0 Å². The molecule has 0 atom stereocenters. The zero-order valence-corrected chi connectivity index (χ0v) is 17.0. The van der Waals surface area contributed by atoms with Crippen LogP contribution in [0.3, 0.4) is 0 Å². The van der Waals surface area contributed by atoms with Crippen molar-refractivity contribution in [3.05, 3.63) is 54.1 Å². The maximum absolute atomic E-state index is 5.49. The molecule has 1 aliphatic heterocycles. The smallest absolute Gasteiger partial charge is 0.231 e. The Bertz CT molecular complexity index is 939. The maximum Gasteiger partial charge on any atom is 0.231 e. The van der Waals surface area contributed by atoms with Crippen LogP contribution < -0.4 is 14.8 Å². The number of fused-ring (bicyclic) bond motifs is 1. The van der Waals surface area contributed by atoms with Crippen LogP contribution in [0.25, 0.3) is 11.4 Å². The van der Waals surface area contributed by atoms with Gasteiger partial charge in [-0.05, 0) is 56.1 Å². The number of nitrogens with zero attached hydrogens (tertiary/aromatic N) is 4. The molecule has 1 N–H and O–H groups in total. The number of nitrogens with one attached hydrogen (secondary N) is 1. The standard InChI is InChI=1S/C22H27N5O2/c1-22(2,18-11-12-19-20(15-18)29-16-28-19)23-13-7-4-8-14-27-25-21(24-26-27)17-9-5-3-6-10-17/h3,5-6,9-12,15,23H,4,7-8,13-14,16H2,1-2H3. The third kappa shape index (κ3) is 4.74. The number of benzene rings is 2. The summed E-state index contributed by atoms with van der Waals surface area (Å²) in [6, 6.07) is 16.1. The number of aryl methyl sites for hydroxylation is 1. The minimum absolute atomic E-state index is 0.126. The van der Waals surface area contributed by atoms with Gasteiger partial charge in [0.05, 0.1) is 6.54 Å². The van der Waals surface area contributed by atoms with Crippen molar-refractivity contribution in [2.45, 2.75) is 45.2 Å². The van der Waals surface area contributed by atoms with Crippen LogP contribution >= 0.6 is 0 Å². The van der Waals surface area contributed by atoms with Crippen LogP contribution in [0.1, 0.15) is 38.7 Å². The van der Waals surface area contributed by atoms with Crippen LogP contribution in [0.15, 0.2) is 48.5 Å². The number of rotatable bonds is 9. The van der Waals surface area contributed by atoms with Crippen LogP contribution in [0.5, 0.6) is 11.5 Å². The lowest BCUT2D eigenvalue weighted by Gasteiger charge is -2.27. The van der Waals surface area contributed by atoms with E-state index in [2.05, 4.69) is 46.7 Å². The Morgan fingerprint density at radius 3 is 2.69 bits per heavy atom. The molecule has 0 bridgehead atoms. The van der Waals surface area contributed by atoms with Gasteiger partial charge in [0, 0.05) is 11.1 Å². The Morgan fingerprint density at radius 2 is 1.83 bits per heavy atom. The predicted octanol–water partition coefficient (Wildman–Crippen LogP) is 3.76. The van der Waals surface area contributed by atoms with Crippen LogP contribution in [0.2, 0.25) is 0 Å². The molecule has 29 heavy (non-hydrogen) atoms. The Hall–Kier alpha value is -2.93. The maximum atomic E-state index is 5.49. The summed E-state index contributed by atoms with van der Waals surface area (Å²) in [7, 11) is 0. The SMILES string of the molecule is CC(C)(NCCCCCn1nnc(-c2ccccc2)n1)c1ccc2c(c1)OCO2. The lowest BCUT2D eigenvalue weighted by molar-refractivity contribution is 0.174. The van der Waals surface area contributed by atoms with E-state index in [9.17, 15) is 0 Å². The normalized spacial score (nSPS) is 13.0. The van der Waals surface area contributed by atoms with E-state index in [-0.39, 0.29) is 5.54 Å². The second-order valence-corrected chi connectivity index (χ2v) is 7.76. The van der Waals surface area contributed by atoms with Crippen molar-refractivity contribution in [1.82, 2.24) is 25.5 Å². The fourth-order valence-electron chi connectivity index (χ4n) is 3.38. The molecule has 1 aromatic heterocycles. The molecule has 2 aromatic carbocycles. The van der Waals surface area contributed by atoms with E-state index < -0.39 is 0 Å². The number of unbranched alkanes of at least 4 members (excludes halogenated alkanes) is 2. The summed E-state index contributed by atoms with van der Waals surface area (Å²) in [5.41, 5.74) is 2.06. The van der Waals surface area contributed by atoms with Gasteiger partial charge in [-0.3, -0.25) is 0 Å². The van der Waals surface area contributed by atoms with E-state index in [0.29, 0.717) is 12.6 Å². The summed E-state index contributed by atoms with van der Waals surface area (Å²) in [5, 5.41) is 16.4. The van der Waals surface area contributed by atoms with Crippen molar-refractivity contribution in [2.24, 2.45) is 0 Å². The highest BCUT2D eigenvalue weighted by Crippen LogP contribution is 2.35. The first-order valence-electron chi connectivity index (χ1n) is 10.1. The van der Waals surface area contributed by atoms with Crippen LogP contribution in [-0.4, -0.2) is 33.5 Å². The van der Waals surface area contributed by atoms with E-state index in [1.165, 1.54) is 5.56 Å². The molecule has 0 amide bonds. The highest BCUT2D eigenvalue weighted by Gasteiger charge is 2.23. The van der Waals surface area contributed by atoms with Gasteiger partial charge in [0.2, 0.25) is 12.6 Å². The molecule has 0 fully saturated rings. The van der Waals surface area contributed by atoms with Gasteiger partial charge in [0.25, 0.3) is 0 Å². The zero-order chi connectivity index (χ0) is 20.1. The quantitative estimate of drug-likeness (QED) is 0.558. The molecule has 0 aliphatic carbocycles. The lowest BCUT2D eigenvalue weighted by atomic mass is 9.93. The molecular weight excluding hydrogens is 366 g/mol. The van der Waals surface area contributed by atoms with Gasteiger partial charge in [-0.2, -0.15) is 4.80 Å². The second kappa shape index (κ2) is 8.61. The average molecular weight is 393 g/mol. The molecule has 152 valence electrons. The molecule has 0 radical (unpaired) electrons. The summed E-state index contributed by atoms with van der Waals surface area (Å²) in [4.78, 5) is 1.69. The Labute approximate surface area is 171 Å². The van der Waals surface area contributed by atoms with Crippen molar-refractivity contribution in [3.8, 4) is 22.9 Å². The zero-order valence-electron chi connectivity index (χ0n) is 17.0. The fraction of sp³-hybridized carbons (Fsp3) is 0.409. The van der Waals surface area contributed by atoms with Crippen LogP contribution in [0, 0.1) is 0 Å². The van der Waals surface area contributed by atoms with Crippen LogP contribution in [0.4, 0.5) is 0 Å². The molecular formula is C22H27N5O2. The van der Waals surface area contributed by atoms with Crippen molar-refractivity contribution < 1.29 is 9.47 Å². The number of tetrazole rings is 1.